The first-order valence-corrected chi connectivity index (χ1v) is 8.56. The number of hydrogen-bond acceptors (Lipinski definition) is 3. The zero-order chi connectivity index (χ0) is 15.9. The van der Waals surface area contributed by atoms with Gasteiger partial charge in [0.2, 0.25) is 0 Å². The molecule has 0 aromatic heterocycles. The number of aliphatic hydroxyl groups excluding tert-OH is 1. The third-order valence-electron chi connectivity index (χ3n) is 5.65. The third kappa shape index (κ3) is 2.77. The van der Waals surface area contributed by atoms with E-state index in [0.717, 1.165) is 31.6 Å². The van der Waals surface area contributed by atoms with Gasteiger partial charge in [-0.15, -0.1) is 0 Å². The summed E-state index contributed by atoms with van der Waals surface area (Å²) < 4.78 is 5.89. The minimum absolute atomic E-state index is 0.0885. The van der Waals surface area contributed by atoms with Gasteiger partial charge in [-0.3, -0.25) is 0 Å². The lowest BCUT2D eigenvalue weighted by Crippen LogP contribution is -2.58. The SMILES string of the molecule is CC(C)Oc1cccc([C@]23CC(O)C[C@@H](C2)N(C)C[C@H]3C)c1. The summed E-state index contributed by atoms with van der Waals surface area (Å²) in [6.45, 7) is 7.56. The molecule has 3 heteroatoms. The molecule has 3 nitrogen and oxygen atoms in total. The third-order valence-corrected chi connectivity index (χ3v) is 5.65. The molecule has 0 amide bonds. The molecule has 0 spiro atoms. The molecule has 2 fully saturated rings. The second kappa shape index (κ2) is 5.86. The van der Waals surface area contributed by atoms with Crippen molar-refractivity contribution in [3.63, 3.8) is 0 Å². The topological polar surface area (TPSA) is 32.7 Å². The van der Waals surface area contributed by atoms with Crippen LogP contribution in [0.1, 0.15) is 45.6 Å². The molecule has 1 aliphatic carbocycles. The maximum atomic E-state index is 10.4. The highest BCUT2D eigenvalue weighted by Crippen LogP contribution is 2.50. The van der Waals surface area contributed by atoms with Gasteiger partial charge in [0.05, 0.1) is 12.2 Å². The predicted octanol–water partition coefficient (Wildman–Crippen LogP) is 3.21. The van der Waals surface area contributed by atoms with Gasteiger partial charge in [-0.2, -0.15) is 0 Å². The van der Waals surface area contributed by atoms with E-state index < -0.39 is 0 Å². The maximum Gasteiger partial charge on any atom is 0.119 e. The number of fused-ring (bicyclic) bond motifs is 2. The Bertz CT molecular complexity index is 530. The number of aliphatic hydroxyl groups is 1. The molecule has 1 aliphatic heterocycles. The lowest BCUT2D eigenvalue weighted by molar-refractivity contribution is -0.0353. The van der Waals surface area contributed by atoms with Crippen LogP contribution >= 0.6 is 0 Å². The van der Waals surface area contributed by atoms with Crippen molar-refractivity contribution in [2.24, 2.45) is 5.92 Å². The fourth-order valence-electron chi connectivity index (χ4n) is 4.57. The van der Waals surface area contributed by atoms with Crippen LogP contribution in [0.3, 0.4) is 0 Å². The van der Waals surface area contributed by atoms with Gasteiger partial charge < -0.3 is 14.7 Å². The largest absolute Gasteiger partial charge is 0.491 e. The van der Waals surface area contributed by atoms with E-state index in [1.807, 2.05) is 6.07 Å². The van der Waals surface area contributed by atoms with Crippen LogP contribution in [-0.2, 0) is 5.41 Å². The van der Waals surface area contributed by atoms with E-state index in [-0.39, 0.29) is 17.6 Å². The van der Waals surface area contributed by atoms with Gasteiger partial charge in [0, 0.05) is 18.0 Å². The van der Waals surface area contributed by atoms with E-state index in [9.17, 15) is 5.11 Å². The molecular formula is C19H29NO2. The average Bonchev–Trinajstić information content (AvgIpc) is 2.44. The van der Waals surface area contributed by atoms with Crippen molar-refractivity contribution >= 4 is 0 Å². The second-order valence-corrected chi connectivity index (χ2v) is 7.64. The maximum absolute atomic E-state index is 10.4. The van der Waals surface area contributed by atoms with Crippen LogP contribution in [0.2, 0.25) is 0 Å². The first kappa shape index (κ1) is 15.8. The summed E-state index contributed by atoms with van der Waals surface area (Å²) in [5.74, 6) is 1.49. The molecule has 122 valence electrons. The van der Waals surface area contributed by atoms with Gasteiger partial charge in [0.1, 0.15) is 5.75 Å². The first-order valence-electron chi connectivity index (χ1n) is 8.56. The zero-order valence-electron chi connectivity index (χ0n) is 14.2. The van der Waals surface area contributed by atoms with E-state index in [0.29, 0.717) is 12.0 Å². The number of likely N-dealkylation sites (tertiary alicyclic amines) is 1. The molecule has 0 radical (unpaired) electrons. The summed E-state index contributed by atoms with van der Waals surface area (Å²) in [6.07, 6.45) is 2.93. The molecule has 4 atom stereocenters. The number of ether oxygens (including phenoxy) is 1. The predicted molar refractivity (Wildman–Crippen MR) is 89.3 cm³/mol. The summed E-state index contributed by atoms with van der Waals surface area (Å²) in [4.78, 5) is 2.43. The fraction of sp³-hybridized carbons (Fsp3) is 0.684. The number of nitrogens with zero attached hydrogens (tertiary/aromatic N) is 1. The summed E-state index contributed by atoms with van der Waals surface area (Å²) in [6, 6.07) is 9.06. The van der Waals surface area contributed by atoms with E-state index in [2.05, 4.69) is 50.9 Å². The molecular weight excluding hydrogens is 274 g/mol. The normalized spacial score (nSPS) is 35.6. The van der Waals surface area contributed by atoms with Crippen molar-refractivity contribution in [3.8, 4) is 5.75 Å². The van der Waals surface area contributed by atoms with E-state index in [4.69, 9.17) is 4.74 Å². The van der Waals surface area contributed by atoms with Gasteiger partial charge in [0.25, 0.3) is 0 Å². The van der Waals surface area contributed by atoms with E-state index >= 15 is 0 Å². The Hall–Kier alpha value is -1.06. The molecule has 1 saturated carbocycles. The van der Waals surface area contributed by atoms with Gasteiger partial charge >= 0.3 is 0 Å². The molecule has 1 unspecified atom stereocenters. The molecule has 3 rings (SSSR count). The first-order chi connectivity index (χ1) is 10.4. The highest BCUT2D eigenvalue weighted by atomic mass is 16.5. The Balaban J connectivity index is 1.97. The zero-order valence-corrected chi connectivity index (χ0v) is 14.2. The molecule has 1 aromatic rings. The van der Waals surface area contributed by atoms with Gasteiger partial charge in [-0.05, 0) is 63.8 Å². The summed E-state index contributed by atoms with van der Waals surface area (Å²) >= 11 is 0. The van der Waals surface area contributed by atoms with Crippen molar-refractivity contribution in [1.29, 1.82) is 0 Å². The fourth-order valence-corrected chi connectivity index (χ4v) is 4.57. The summed E-state index contributed by atoms with van der Waals surface area (Å²) in [5.41, 5.74) is 1.43. The highest BCUT2D eigenvalue weighted by Gasteiger charge is 2.49. The molecule has 1 saturated heterocycles. The Morgan fingerprint density at radius 3 is 2.82 bits per heavy atom. The summed E-state index contributed by atoms with van der Waals surface area (Å²) in [5, 5.41) is 10.4. The molecule has 1 N–H and O–H groups in total. The molecule has 1 aromatic carbocycles. The lowest BCUT2D eigenvalue weighted by atomic mass is 9.58. The van der Waals surface area contributed by atoms with Crippen molar-refractivity contribution in [1.82, 2.24) is 4.90 Å². The van der Waals surface area contributed by atoms with Gasteiger partial charge in [-0.25, -0.2) is 0 Å². The van der Waals surface area contributed by atoms with Crippen LogP contribution < -0.4 is 4.74 Å². The second-order valence-electron chi connectivity index (χ2n) is 7.64. The monoisotopic (exact) mass is 303 g/mol. The van der Waals surface area contributed by atoms with Gasteiger partial charge in [0.15, 0.2) is 0 Å². The van der Waals surface area contributed by atoms with Crippen LogP contribution in [0, 0.1) is 5.92 Å². The molecule has 2 bridgehead atoms. The number of rotatable bonds is 3. The van der Waals surface area contributed by atoms with Crippen LogP contribution in [-0.4, -0.2) is 41.8 Å². The van der Waals surface area contributed by atoms with Crippen LogP contribution in [0.5, 0.6) is 5.75 Å². The quantitative estimate of drug-likeness (QED) is 0.931. The van der Waals surface area contributed by atoms with Crippen LogP contribution in [0.4, 0.5) is 0 Å². The van der Waals surface area contributed by atoms with Gasteiger partial charge in [-0.1, -0.05) is 19.1 Å². The van der Waals surface area contributed by atoms with Crippen molar-refractivity contribution in [3.05, 3.63) is 29.8 Å². The number of piperidine rings is 1. The Labute approximate surface area is 134 Å². The Morgan fingerprint density at radius 1 is 1.32 bits per heavy atom. The lowest BCUT2D eigenvalue weighted by Gasteiger charge is -2.55. The number of benzene rings is 1. The smallest absolute Gasteiger partial charge is 0.119 e. The number of hydrogen-bond donors (Lipinski definition) is 1. The summed E-state index contributed by atoms with van der Waals surface area (Å²) in [7, 11) is 2.20. The Morgan fingerprint density at radius 2 is 2.09 bits per heavy atom. The highest BCUT2D eigenvalue weighted by molar-refractivity contribution is 5.36. The van der Waals surface area contributed by atoms with Crippen molar-refractivity contribution in [2.45, 2.75) is 63.7 Å². The van der Waals surface area contributed by atoms with E-state index in [1.165, 1.54) is 5.56 Å². The van der Waals surface area contributed by atoms with Crippen LogP contribution in [0.25, 0.3) is 0 Å². The van der Waals surface area contributed by atoms with Crippen molar-refractivity contribution < 1.29 is 9.84 Å². The standard InChI is InChI=1S/C19H29NO2/c1-13(2)22-18-7-5-6-15(8-18)19-10-16(9-17(21)11-19)20(4)12-14(19)3/h5-8,13-14,16-17,21H,9-12H2,1-4H3/t14-,16+,17?,19+/m1/s1. The molecule has 22 heavy (non-hydrogen) atoms. The average molecular weight is 303 g/mol. The molecule has 1 heterocycles. The minimum atomic E-state index is -0.196. The van der Waals surface area contributed by atoms with E-state index in [1.54, 1.807) is 0 Å². The van der Waals surface area contributed by atoms with Crippen LogP contribution in [0.15, 0.2) is 24.3 Å². The minimum Gasteiger partial charge on any atom is -0.491 e. The molecule has 2 aliphatic rings. The van der Waals surface area contributed by atoms with Crippen molar-refractivity contribution in [2.75, 3.05) is 13.6 Å². The Kier molecular flexibility index (Phi) is 4.21.